The first-order valence-corrected chi connectivity index (χ1v) is 6.91. The highest BCUT2D eigenvalue weighted by molar-refractivity contribution is 5.50. The molecule has 0 amide bonds. The minimum atomic E-state index is 0.209. The Hall–Kier alpha value is -1.75. The summed E-state index contributed by atoms with van der Waals surface area (Å²) in [5.74, 6) is 0. The summed E-state index contributed by atoms with van der Waals surface area (Å²) in [6.07, 6.45) is 3.79. The van der Waals surface area contributed by atoms with Crippen molar-refractivity contribution in [2.75, 3.05) is 18.0 Å². The van der Waals surface area contributed by atoms with E-state index in [9.17, 15) is 0 Å². The van der Waals surface area contributed by atoms with Crippen molar-refractivity contribution >= 4 is 5.69 Å². The molecule has 1 aliphatic heterocycles. The third-order valence-electron chi connectivity index (χ3n) is 3.71. The molecule has 0 fully saturated rings. The number of nitrogens with zero attached hydrogens (tertiary/aromatic N) is 2. The number of rotatable bonds is 2. The lowest BCUT2D eigenvalue weighted by atomic mass is 9.87. The Balaban J connectivity index is 2.07. The number of benzene rings is 1. The molecule has 19 heavy (non-hydrogen) atoms. The predicted molar refractivity (Wildman–Crippen MR) is 80.3 cm³/mol. The van der Waals surface area contributed by atoms with Gasteiger partial charge in [-0.15, -0.1) is 0 Å². The Morgan fingerprint density at radius 3 is 2.37 bits per heavy atom. The van der Waals surface area contributed by atoms with Crippen LogP contribution in [-0.2, 0) is 5.41 Å². The van der Waals surface area contributed by atoms with Crippen molar-refractivity contribution in [3.63, 3.8) is 0 Å². The maximum absolute atomic E-state index is 8.70. The van der Waals surface area contributed by atoms with Gasteiger partial charge < -0.3 is 4.90 Å². The Kier molecular flexibility index (Phi) is 3.95. The van der Waals surface area contributed by atoms with E-state index in [-0.39, 0.29) is 5.41 Å². The summed E-state index contributed by atoms with van der Waals surface area (Å²) in [7, 11) is 0. The minimum absolute atomic E-state index is 0.209. The van der Waals surface area contributed by atoms with Gasteiger partial charge in [-0.3, -0.25) is 0 Å². The molecule has 1 heterocycles. The van der Waals surface area contributed by atoms with Crippen LogP contribution in [0.3, 0.4) is 0 Å². The molecule has 1 aliphatic rings. The number of anilines is 1. The second-order valence-electron chi connectivity index (χ2n) is 6.19. The molecule has 0 atom stereocenters. The number of nitriles is 1. The van der Waals surface area contributed by atoms with Gasteiger partial charge in [-0.1, -0.05) is 44.6 Å². The van der Waals surface area contributed by atoms with Gasteiger partial charge in [0.25, 0.3) is 0 Å². The van der Waals surface area contributed by atoms with Gasteiger partial charge in [-0.25, -0.2) is 0 Å². The standard InChI is InChI=1S/C17H22N2/c1-17(2,3)15-4-6-16(7-5-15)19-12-9-14(8-11-18)10-13-19/h4-7,9H,8,10,12-13H2,1-3H3. The second-order valence-corrected chi connectivity index (χ2v) is 6.19. The van der Waals surface area contributed by atoms with Gasteiger partial charge in [0.2, 0.25) is 0 Å². The highest BCUT2D eigenvalue weighted by Gasteiger charge is 2.15. The summed E-state index contributed by atoms with van der Waals surface area (Å²) in [4.78, 5) is 2.37. The predicted octanol–water partition coefficient (Wildman–Crippen LogP) is 4.03. The van der Waals surface area contributed by atoms with E-state index >= 15 is 0 Å². The average molecular weight is 254 g/mol. The summed E-state index contributed by atoms with van der Waals surface area (Å²) in [5, 5.41) is 8.70. The van der Waals surface area contributed by atoms with Crippen molar-refractivity contribution in [2.45, 2.75) is 39.0 Å². The fourth-order valence-electron chi connectivity index (χ4n) is 2.38. The van der Waals surface area contributed by atoms with Crippen LogP contribution in [0.25, 0.3) is 0 Å². The molecule has 0 N–H and O–H groups in total. The Labute approximate surface area is 116 Å². The number of hydrogen-bond acceptors (Lipinski definition) is 2. The van der Waals surface area contributed by atoms with Crippen LogP contribution in [-0.4, -0.2) is 13.1 Å². The van der Waals surface area contributed by atoms with E-state index in [1.54, 1.807) is 0 Å². The highest BCUT2D eigenvalue weighted by Crippen LogP contribution is 2.26. The summed E-state index contributed by atoms with van der Waals surface area (Å²) in [5.41, 5.74) is 4.14. The minimum Gasteiger partial charge on any atom is -0.367 e. The Morgan fingerprint density at radius 2 is 1.89 bits per heavy atom. The van der Waals surface area contributed by atoms with Crippen LogP contribution in [0.5, 0.6) is 0 Å². The van der Waals surface area contributed by atoms with Crippen molar-refractivity contribution in [3.05, 3.63) is 41.5 Å². The van der Waals surface area contributed by atoms with E-state index in [4.69, 9.17) is 5.26 Å². The van der Waals surface area contributed by atoms with E-state index in [0.717, 1.165) is 19.5 Å². The monoisotopic (exact) mass is 254 g/mol. The molecule has 0 spiro atoms. The first-order valence-electron chi connectivity index (χ1n) is 6.91. The Bertz CT molecular complexity index is 498. The summed E-state index contributed by atoms with van der Waals surface area (Å²) < 4.78 is 0. The van der Waals surface area contributed by atoms with E-state index in [0.29, 0.717) is 6.42 Å². The van der Waals surface area contributed by atoms with Crippen molar-refractivity contribution < 1.29 is 0 Å². The molecule has 1 aromatic carbocycles. The molecular weight excluding hydrogens is 232 g/mol. The van der Waals surface area contributed by atoms with Gasteiger partial charge in [0.05, 0.1) is 12.5 Å². The normalized spacial score (nSPS) is 15.9. The molecule has 100 valence electrons. The topological polar surface area (TPSA) is 27.0 Å². The van der Waals surface area contributed by atoms with Crippen molar-refractivity contribution in [1.82, 2.24) is 0 Å². The van der Waals surface area contributed by atoms with E-state index in [1.165, 1.54) is 16.8 Å². The van der Waals surface area contributed by atoms with Gasteiger partial charge >= 0.3 is 0 Å². The molecular formula is C17H22N2. The maximum Gasteiger partial charge on any atom is 0.0666 e. The van der Waals surface area contributed by atoms with Crippen LogP contribution in [0.4, 0.5) is 5.69 Å². The smallest absolute Gasteiger partial charge is 0.0666 e. The fourth-order valence-corrected chi connectivity index (χ4v) is 2.38. The zero-order valence-electron chi connectivity index (χ0n) is 12.1. The molecule has 2 nitrogen and oxygen atoms in total. The molecule has 0 bridgehead atoms. The molecule has 0 saturated carbocycles. The van der Waals surface area contributed by atoms with Crippen LogP contribution in [0.15, 0.2) is 35.9 Å². The average Bonchev–Trinajstić information content (AvgIpc) is 2.39. The van der Waals surface area contributed by atoms with Gasteiger partial charge in [0.15, 0.2) is 0 Å². The SMILES string of the molecule is CC(C)(C)c1ccc(N2CC=C(CC#N)CC2)cc1. The molecule has 0 aromatic heterocycles. The molecule has 0 radical (unpaired) electrons. The van der Waals surface area contributed by atoms with Crippen LogP contribution in [0.1, 0.15) is 39.2 Å². The highest BCUT2D eigenvalue weighted by atomic mass is 15.1. The largest absolute Gasteiger partial charge is 0.367 e. The summed E-state index contributed by atoms with van der Waals surface area (Å²) >= 11 is 0. The molecule has 2 heteroatoms. The maximum atomic E-state index is 8.70. The zero-order chi connectivity index (χ0) is 13.9. The summed E-state index contributed by atoms with van der Waals surface area (Å²) in [6, 6.07) is 11.1. The number of hydrogen-bond donors (Lipinski definition) is 0. The van der Waals surface area contributed by atoms with Gasteiger partial charge in [-0.2, -0.15) is 5.26 Å². The van der Waals surface area contributed by atoms with E-state index in [1.807, 2.05) is 0 Å². The van der Waals surface area contributed by atoms with Crippen molar-refractivity contribution in [2.24, 2.45) is 0 Å². The molecule has 1 aromatic rings. The van der Waals surface area contributed by atoms with Gasteiger partial charge in [-0.05, 0) is 29.5 Å². The lowest BCUT2D eigenvalue weighted by Crippen LogP contribution is -2.28. The fraction of sp³-hybridized carbons (Fsp3) is 0.471. The van der Waals surface area contributed by atoms with Crippen LogP contribution in [0.2, 0.25) is 0 Å². The lowest BCUT2D eigenvalue weighted by molar-refractivity contribution is 0.590. The van der Waals surface area contributed by atoms with E-state index in [2.05, 4.69) is 62.1 Å². The molecule has 0 unspecified atom stereocenters. The van der Waals surface area contributed by atoms with E-state index < -0.39 is 0 Å². The van der Waals surface area contributed by atoms with Gasteiger partial charge in [0.1, 0.15) is 0 Å². The first kappa shape index (κ1) is 13.7. The summed E-state index contributed by atoms with van der Waals surface area (Å²) in [6.45, 7) is 8.65. The zero-order valence-corrected chi connectivity index (χ0v) is 12.1. The third kappa shape index (κ3) is 3.38. The first-order chi connectivity index (χ1) is 9.00. The molecule has 2 rings (SSSR count). The van der Waals surface area contributed by atoms with Gasteiger partial charge in [0, 0.05) is 18.8 Å². The van der Waals surface area contributed by atoms with Crippen LogP contribution in [0, 0.1) is 11.3 Å². The quantitative estimate of drug-likeness (QED) is 0.745. The third-order valence-corrected chi connectivity index (χ3v) is 3.71. The van der Waals surface area contributed by atoms with Crippen molar-refractivity contribution in [1.29, 1.82) is 5.26 Å². The van der Waals surface area contributed by atoms with Crippen LogP contribution < -0.4 is 4.90 Å². The molecule has 0 saturated heterocycles. The van der Waals surface area contributed by atoms with Crippen LogP contribution >= 0.6 is 0 Å². The second kappa shape index (κ2) is 5.48. The lowest BCUT2D eigenvalue weighted by Gasteiger charge is -2.29. The Morgan fingerprint density at radius 1 is 1.21 bits per heavy atom. The molecule has 0 aliphatic carbocycles. The van der Waals surface area contributed by atoms with Crippen molar-refractivity contribution in [3.8, 4) is 6.07 Å².